The molecule has 0 bridgehead atoms. The Bertz CT molecular complexity index is 626. The fraction of sp³-hybridized carbons (Fsp3) is 0.529. The Morgan fingerprint density at radius 1 is 1.29 bits per heavy atom. The average molecular weight is 447 g/mol. The van der Waals surface area contributed by atoms with E-state index in [2.05, 4.69) is 22.6 Å². The number of benzene rings is 1. The fourth-order valence-electron chi connectivity index (χ4n) is 2.34. The zero-order chi connectivity index (χ0) is 17.9. The van der Waals surface area contributed by atoms with Crippen molar-refractivity contribution in [1.29, 1.82) is 0 Å². The third-order valence-corrected chi connectivity index (χ3v) is 4.29. The second-order valence-electron chi connectivity index (χ2n) is 6.59. The summed E-state index contributed by atoms with van der Waals surface area (Å²) in [7, 11) is 1.35. The molecule has 1 atom stereocenters. The quantitative estimate of drug-likeness (QED) is 0.525. The van der Waals surface area contributed by atoms with Gasteiger partial charge >= 0.3 is 12.1 Å². The molecule has 7 heteroatoms. The van der Waals surface area contributed by atoms with Crippen molar-refractivity contribution in [1.82, 2.24) is 4.90 Å². The standard InChI is InChI=1S/C17H22INO5/c1-17(2,3)24-16(21)19-8-7-12(10-19)23-14-6-5-11(9-13(14)18)15(20)22-4/h5-6,9,12H,7-8,10H2,1-4H3/t12-/m0/s1. The minimum atomic E-state index is -0.505. The van der Waals surface area contributed by atoms with E-state index in [4.69, 9.17) is 14.2 Å². The summed E-state index contributed by atoms with van der Waals surface area (Å²) in [5, 5.41) is 0. The van der Waals surface area contributed by atoms with Gasteiger partial charge in [-0.1, -0.05) is 0 Å². The Hall–Kier alpha value is -1.51. The smallest absolute Gasteiger partial charge is 0.410 e. The van der Waals surface area contributed by atoms with E-state index in [0.29, 0.717) is 24.4 Å². The number of halogens is 1. The first-order chi connectivity index (χ1) is 11.2. The van der Waals surface area contributed by atoms with Gasteiger partial charge in [0.15, 0.2) is 0 Å². The van der Waals surface area contributed by atoms with E-state index in [0.717, 1.165) is 9.99 Å². The van der Waals surface area contributed by atoms with Gasteiger partial charge in [-0.05, 0) is 61.6 Å². The number of ether oxygens (including phenoxy) is 3. The first kappa shape index (κ1) is 18.8. The zero-order valence-corrected chi connectivity index (χ0v) is 16.5. The second-order valence-corrected chi connectivity index (χ2v) is 7.75. The number of amides is 1. The molecule has 0 radical (unpaired) electrons. The maximum atomic E-state index is 12.1. The van der Waals surface area contributed by atoms with Crippen molar-refractivity contribution in [2.45, 2.75) is 38.9 Å². The number of methoxy groups -OCH3 is 1. The molecule has 24 heavy (non-hydrogen) atoms. The third kappa shape index (κ3) is 4.99. The fourth-order valence-corrected chi connectivity index (χ4v) is 2.98. The minimum Gasteiger partial charge on any atom is -0.487 e. The summed E-state index contributed by atoms with van der Waals surface area (Å²) in [6.07, 6.45) is 0.341. The van der Waals surface area contributed by atoms with Crippen LogP contribution in [0, 0.1) is 3.57 Å². The van der Waals surface area contributed by atoms with Gasteiger partial charge in [-0.15, -0.1) is 0 Å². The molecule has 0 N–H and O–H groups in total. The van der Waals surface area contributed by atoms with Gasteiger partial charge in [0.05, 0.1) is 22.8 Å². The summed E-state index contributed by atoms with van der Waals surface area (Å²) in [5.74, 6) is 0.315. The van der Waals surface area contributed by atoms with Gasteiger partial charge in [-0.2, -0.15) is 0 Å². The highest BCUT2D eigenvalue weighted by Gasteiger charge is 2.31. The number of rotatable bonds is 3. The van der Waals surface area contributed by atoms with Crippen LogP contribution in [0.25, 0.3) is 0 Å². The van der Waals surface area contributed by atoms with Crippen molar-refractivity contribution < 1.29 is 23.8 Å². The predicted octanol–water partition coefficient (Wildman–Crippen LogP) is 3.47. The van der Waals surface area contributed by atoms with Gasteiger partial charge in [0.1, 0.15) is 17.5 Å². The summed E-state index contributed by atoms with van der Waals surface area (Å²) < 4.78 is 16.9. The van der Waals surface area contributed by atoms with Crippen LogP contribution in [-0.4, -0.2) is 48.9 Å². The molecule has 0 saturated carbocycles. The lowest BCUT2D eigenvalue weighted by Gasteiger charge is -2.24. The number of hydrogen-bond acceptors (Lipinski definition) is 5. The molecule has 1 fully saturated rings. The molecule has 6 nitrogen and oxygen atoms in total. The Balaban J connectivity index is 1.96. The van der Waals surface area contributed by atoms with Gasteiger partial charge in [-0.3, -0.25) is 0 Å². The van der Waals surface area contributed by atoms with Gasteiger partial charge in [0.2, 0.25) is 0 Å². The number of nitrogens with zero attached hydrogens (tertiary/aromatic N) is 1. The van der Waals surface area contributed by atoms with Gasteiger partial charge in [0, 0.05) is 13.0 Å². The van der Waals surface area contributed by atoms with Crippen molar-refractivity contribution >= 4 is 34.7 Å². The summed E-state index contributed by atoms with van der Waals surface area (Å²) in [4.78, 5) is 25.3. The van der Waals surface area contributed by atoms with Crippen LogP contribution in [0.2, 0.25) is 0 Å². The van der Waals surface area contributed by atoms with E-state index in [9.17, 15) is 9.59 Å². The summed E-state index contributed by atoms with van der Waals surface area (Å²) in [5.41, 5.74) is -0.0224. The molecule has 1 aromatic rings. The Morgan fingerprint density at radius 2 is 2.00 bits per heavy atom. The molecule has 0 aliphatic carbocycles. The van der Waals surface area contributed by atoms with E-state index >= 15 is 0 Å². The Labute approximate surface area is 155 Å². The molecule has 1 aliphatic heterocycles. The Morgan fingerprint density at radius 3 is 2.58 bits per heavy atom. The number of carbonyl (C=O) groups is 2. The van der Waals surface area contributed by atoms with Gasteiger partial charge in [-0.25, -0.2) is 9.59 Å². The molecule has 1 saturated heterocycles. The zero-order valence-electron chi connectivity index (χ0n) is 14.3. The highest BCUT2D eigenvalue weighted by molar-refractivity contribution is 14.1. The van der Waals surface area contributed by atoms with E-state index in [1.54, 1.807) is 23.1 Å². The molecule has 1 heterocycles. The average Bonchev–Trinajstić information content (AvgIpc) is 2.95. The molecule has 0 spiro atoms. The van der Waals surface area contributed by atoms with Crippen LogP contribution in [0.4, 0.5) is 4.79 Å². The molecule has 2 rings (SSSR count). The number of hydrogen-bond donors (Lipinski definition) is 0. The van der Waals surface area contributed by atoms with Crippen LogP contribution in [0.5, 0.6) is 5.75 Å². The van der Waals surface area contributed by atoms with Crippen molar-refractivity contribution in [3.8, 4) is 5.75 Å². The van der Waals surface area contributed by atoms with Crippen LogP contribution in [0.15, 0.2) is 18.2 Å². The first-order valence-electron chi connectivity index (χ1n) is 7.72. The van der Waals surface area contributed by atoms with Gasteiger partial charge in [0.25, 0.3) is 0 Å². The normalized spacial score (nSPS) is 17.5. The highest BCUT2D eigenvalue weighted by Crippen LogP contribution is 2.26. The van der Waals surface area contributed by atoms with E-state index in [1.165, 1.54) is 7.11 Å². The maximum absolute atomic E-state index is 12.1. The molecular formula is C17H22INO5. The lowest BCUT2D eigenvalue weighted by molar-refractivity contribution is 0.0275. The van der Waals surface area contributed by atoms with Crippen LogP contribution >= 0.6 is 22.6 Å². The van der Waals surface area contributed by atoms with Crippen LogP contribution in [0.3, 0.4) is 0 Å². The minimum absolute atomic E-state index is 0.0880. The Kier molecular flexibility index (Phi) is 5.95. The molecule has 0 aromatic heterocycles. The molecular weight excluding hydrogens is 425 g/mol. The molecule has 0 unspecified atom stereocenters. The summed E-state index contributed by atoms with van der Waals surface area (Å²) >= 11 is 2.12. The lowest BCUT2D eigenvalue weighted by atomic mass is 10.2. The predicted molar refractivity (Wildman–Crippen MR) is 97.3 cm³/mol. The number of carbonyl (C=O) groups excluding carboxylic acids is 2. The topological polar surface area (TPSA) is 65.1 Å². The molecule has 1 aromatic carbocycles. The van der Waals surface area contributed by atoms with Crippen molar-refractivity contribution in [3.05, 3.63) is 27.3 Å². The van der Waals surface area contributed by atoms with E-state index in [1.807, 2.05) is 20.8 Å². The van der Waals surface area contributed by atoms with E-state index < -0.39 is 5.60 Å². The highest BCUT2D eigenvalue weighted by atomic mass is 127. The summed E-state index contributed by atoms with van der Waals surface area (Å²) in [6, 6.07) is 5.15. The maximum Gasteiger partial charge on any atom is 0.410 e. The first-order valence-corrected chi connectivity index (χ1v) is 8.80. The SMILES string of the molecule is COC(=O)c1ccc(O[C@H]2CCN(C(=O)OC(C)(C)C)C2)c(I)c1. The van der Waals surface area contributed by atoms with Crippen LogP contribution in [-0.2, 0) is 9.47 Å². The molecule has 1 aliphatic rings. The van der Waals surface area contributed by atoms with Crippen LogP contribution in [0.1, 0.15) is 37.6 Å². The molecule has 1 amide bonds. The van der Waals surface area contributed by atoms with Crippen molar-refractivity contribution in [3.63, 3.8) is 0 Å². The number of esters is 1. The monoisotopic (exact) mass is 447 g/mol. The largest absolute Gasteiger partial charge is 0.487 e. The number of likely N-dealkylation sites (tertiary alicyclic amines) is 1. The van der Waals surface area contributed by atoms with Crippen LogP contribution < -0.4 is 4.74 Å². The van der Waals surface area contributed by atoms with Crippen molar-refractivity contribution in [2.24, 2.45) is 0 Å². The van der Waals surface area contributed by atoms with Gasteiger partial charge < -0.3 is 19.1 Å². The second kappa shape index (κ2) is 7.58. The lowest BCUT2D eigenvalue weighted by Crippen LogP contribution is -2.36. The van der Waals surface area contributed by atoms with E-state index in [-0.39, 0.29) is 18.2 Å². The summed E-state index contributed by atoms with van der Waals surface area (Å²) in [6.45, 7) is 6.64. The van der Waals surface area contributed by atoms with Crippen molar-refractivity contribution in [2.75, 3.05) is 20.2 Å². The third-order valence-electron chi connectivity index (χ3n) is 3.44. The molecule has 132 valence electrons.